The minimum absolute atomic E-state index is 0.108. The Morgan fingerprint density at radius 2 is 2.45 bits per heavy atom. The highest BCUT2D eigenvalue weighted by Gasteiger charge is 2.16. The molecule has 62 valence electrons. The molecule has 0 aliphatic heterocycles. The van der Waals surface area contributed by atoms with Gasteiger partial charge in [0.1, 0.15) is 6.61 Å². The fraction of sp³-hybridized carbons (Fsp3) is 0.500. The van der Waals surface area contributed by atoms with Crippen LogP contribution < -0.4 is 4.89 Å². The topological polar surface area (TPSA) is 66.4 Å². The summed E-state index contributed by atoms with van der Waals surface area (Å²) < 4.78 is 14.7. The van der Waals surface area contributed by atoms with Crippen LogP contribution in [0.1, 0.15) is 6.92 Å². The predicted molar refractivity (Wildman–Crippen MR) is 38.2 cm³/mol. The molecule has 0 saturated carbocycles. The average molecular weight is 176 g/mol. The molecule has 11 heavy (non-hydrogen) atoms. The first-order valence-electron chi connectivity index (χ1n) is 3.00. The summed E-state index contributed by atoms with van der Waals surface area (Å²) in [7, 11) is -2.51. The first-order chi connectivity index (χ1) is 5.07. The first-order valence-corrected chi connectivity index (χ1v) is 4.25. The van der Waals surface area contributed by atoms with Crippen molar-refractivity contribution < 1.29 is 19.0 Å². The molecule has 0 heterocycles. The molecule has 0 aliphatic carbocycles. The molecule has 0 bridgehead atoms. The van der Waals surface area contributed by atoms with Crippen LogP contribution in [0.25, 0.3) is 0 Å². The highest BCUT2D eigenvalue weighted by molar-refractivity contribution is 7.37. The lowest BCUT2D eigenvalue weighted by Gasteiger charge is -2.01. The van der Waals surface area contributed by atoms with Crippen molar-refractivity contribution >= 4 is 14.0 Å². The Morgan fingerprint density at radius 3 is 2.82 bits per heavy atom. The van der Waals surface area contributed by atoms with E-state index < -0.39 is 19.7 Å². The summed E-state index contributed by atoms with van der Waals surface area (Å²) >= 11 is 0. The lowest BCUT2D eigenvalue weighted by molar-refractivity contribution is -0.167. The van der Waals surface area contributed by atoms with Crippen molar-refractivity contribution in [3.05, 3.63) is 12.7 Å². The molecule has 0 N–H and O–H groups in total. The van der Waals surface area contributed by atoms with E-state index in [1.54, 1.807) is 0 Å². The van der Waals surface area contributed by atoms with Crippen molar-refractivity contribution in [2.75, 3.05) is 6.61 Å². The third kappa shape index (κ3) is 4.65. The Hall–Kier alpha value is -0.730. The van der Waals surface area contributed by atoms with Gasteiger partial charge in [-0.15, -0.1) is 0 Å². The van der Waals surface area contributed by atoms with Gasteiger partial charge in [-0.05, 0) is 6.92 Å². The van der Waals surface area contributed by atoms with E-state index in [1.165, 1.54) is 6.92 Å². The second-order valence-electron chi connectivity index (χ2n) is 1.97. The van der Waals surface area contributed by atoms with Gasteiger partial charge < -0.3 is 9.63 Å². The normalized spacial score (nSPS) is 13.5. The van der Waals surface area contributed by atoms with Gasteiger partial charge in [0.25, 0.3) is 0 Å². The molecular formula is C6H9O4P. The zero-order valence-corrected chi connectivity index (χ0v) is 7.04. The Bertz CT molecular complexity index is 177. The Morgan fingerprint density at radius 1 is 1.91 bits per heavy atom. The highest BCUT2D eigenvalue weighted by atomic mass is 31.1. The smallest absolute Gasteiger partial charge is 0.330 e. The maximum atomic E-state index is 10.4. The number of hydrogen-bond donors (Lipinski definition) is 0. The van der Waals surface area contributed by atoms with Crippen LogP contribution in [-0.2, 0) is 14.1 Å². The number of carbonyl (C=O) groups excluding carboxylic acids is 1. The predicted octanol–water partition coefficient (Wildman–Crippen LogP) is 0.207. The van der Waals surface area contributed by atoms with E-state index in [9.17, 15) is 14.3 Å². The van der Waals surface area contributed by atoms with E-state index in [0.29, 0.717) is 0 Å². The molecule has 0 aromatic heterocycles. The second kappa shape index (κ2) is 4.99. The quantitative estimate of drug-likeness (QED) is 0.349. The maximum absolute atomic E-state index is 10.4. The van der Waals surface area contributed by atoms with E-state index in [4.69, 9.17) is 0 Å². The van der Waals surface area contributed by atoms with Crippen LogP contribution in [0.4, 0.5) is 0 Å². The molecule has 0 aromatic carbocycles. The summed E-state index contributed by atoms with van der Waals surface area (Å²) in [5.74, 6) is -0.603. The van der Waals surface area contributed by atoms with Gasteiger partial charge in [0.15, 0.2) is 5.66 Å². The zero-order valence-electron chi connectivity index (χ0n) is 6.15. The summed E-state index contributed by atoms with van der Waals surface area (Å²) in [6, 6.07) is 0. The molecule has 5 heteroatoms. The van der Waals surface area contributed by atoms with Gasteiger partial charge in [0, 0.05) is 6.08 Å². The Labute approximate surface area is 65.7 Å². The fourth-order valence-electron chi connectivity index (χ4n) is 0.323. The molecule has 0 rings (SSSR count). The van der Waals surface area contributed by atoms with E-state index in [1.807, 2.05) is 0 Å². The maximum Gasteiger partial charge on any atom is 0.330 e. The van der Waals surface area contributed by atoms with E-state index in [0.717, 1.165) is 6.08 Å². The first kappa shape index (κ1) is 10.3. The minimum atomic E-state index is -2.51. The molecule has 0 aliphatic rings. The van der Waals surface area contributed by atoms with Gasteiger partial charge >= 0.3 is 14.0 Å². The van der Waals surface area contributed by atoms with Crippen LogP contribution in [-0.4, -0.2) is 18.2 Å². The van der Waals surface area contributed by atoms with Crippen molar-refractivity contribution in [1.29, 1.82) is 0 Å². The minimum Gasteiger partial charge on any atom is -0.595 e. The summed E-state index contributed by atoms with van der Waals surface area (Å²) in [6.45, 7) is 4.51. The van der Waals surface area contributed by atoms with Gasteiger partial charge in [0.2, 0.25) is 0 Å². The molecule has 0 saturated heterocycles. The number of ether oxygens (including phenoxy) is 1. The van der Waals surface area contributed by atoms with E-state index in [-0.39, 0.29) is 6.61 Å². The van der Waals surface area contributed by atoms with Crippen LogP contribution in [0.15, 0.2) is 12.7 Å². The van der Waals surface area contributed by atoms with Crippen molar-refractivity contribution in [1.82, 2.24) is 0 Å². The molecule has 2 unspecified atom stereocenters. The van der Waals surface area contributed by atoms with Crippen LogP contribution in [0.3, 0.4) is 0 Å². The molecule has 0 spiro atoms. The largest absolute Gasteiger partial charge is 0.595 e. The SMILES string of the molecule is C=CC(=O)OCC(C)[P+](=O)[O-]. The van der Waals surface area contributed by atoms with Crippen LogP contribution in [0.2, 0.25) is 0 Å². The number of esters is 1. The monoisotopic (exact) mass is 176 g/mol. The van der Waals surface area contributed by atoms with Crippen molar-refractivity contribution in [3.8, 4) is 0 Å². The van der Waals surface area contributed by atoms with Crippen LogP contribution in [0.5, 0.6) is 0 Å². The third-order valence-corrected chi connectivity index (χ3v) is 1.86. The van der Waals surface area contributed by atoms with Gasteiger partial charge in [-0.25, -0.2) is 4.79 Å². The summed E-state index contributed by atoms with van der Waals surface area (Å²) in [5.41, 5.74) is -0.631. The summed E-state index contributed by atoms with van der Waals surface area (Å²) in [5, 5.41) is 0. The van der Waals surface area contributed by atoms with E-state index in [2.05, 4.69) is 11.3 Å². The summed E-state index contributed by atoms with van der Waals surface area (Å²) in [6.07, 6.45) is 0.991. The lowest BCUT2D eigenvalue weighted by atomic mass is 10.5. The van der Waals surface area contributed by atoms with Crippen molar-refractivity contribution in [2.24, 2.45) is 0 Å². The number of hydrogen-bond acceptors (Lipinski definition) is 4. The van der Waals surface area contributed by atoms with Gasteiger partial charge in [-0.2, -0.15) is 0 Å². The second-order valence-corrected chi connectivity index (χ2v) is 3.42. The Kier molecular flexibility index (Phi) is 4.66. The Balaban J connectivity index is 3.62. The van der Waals surface area contributed by atoms with Gasteiger partial charge in [-0.1, -0.05) is 11.1 Å². The van der Waals surface area contributed by atoms with Gasteiger partial charge in [-0.3, -0.25) is 0 Å². The number of carbonyl (C=O) groups is 1. The lowest BCUT2D eigenvalue weighted by Crippen LogP contribution is -2.14. The molecule has 2 atom stereocenters. The molecule has 4 nitrogen and oxygen atoms in total. The standard InChI is InChI=1S/C6H9O4P/c1-3-6(7)10-4-5(2)11(8)9/h3,5H,1,4H2,2H3. The van der Waals surface area contributed by atoms with Gasteiger partial charge in [0.05, 0.1) is 0 Å². The van der Waals surface area contributed by atoms with Crippen LogP contribution in [0, 0.1) is 0 Å². The highest BCUT2D eigenvalue weighted by Crippen LogP contribution is 2.16. The summed E-state index contributed by atoms with van der Waals surface area (Å²) in [4.78, 5) is 20.6. The van der Waals surface area contributed by atoms with E-state index >= 15 is 0 Å². The third-order valence-electron chi connectivity index (χ3n) is 0.993. The van der Waals surface area contributed by atoms with Crippen LogP contribution >= 0.6 is 8.03 Å². The van der Waals surface area contributed by atoms with Crippen molar-refractivity contribution in [2.45, 2.75) is 12.6 Å². The molecular weight excluding hydrogens is 167 g/mol. The fourth-order valence-corrected chi connectivity index (χ4v) is 0.519. The zero-order chi connectivity index (χ0) is 8.85. The van der Waals surface area contributed by atoms with Crippen molar-refractivity contribution in [3.63, 3.8) is 0 Å². The molecule has 0 fully saturated rings. The number of rotatable bonds is 4. The average Bonchev–Trinajstić information content (AvgIpc) is 1.99. The molecule has 0 radical (unpaired) electrons. The molecule has 0 amide bonds. The molecule has 0 aromatic rings.